The van der Waals surface area contributed by atoms with Gasteiger partial charge in [-0.25, -0.2) is 4.98 Å². The number of fused-ring (bicyclic) bond motifs is 1. The molecule has 0 bridgehead atoms. The van der Waals surface area contributed by atoms with Crippen molar-refractivity contribution in [3.63, 3.8) is 0 Å². The van der Waals surface area contributed by atoms with Crippen LogP contribution in [0.1, 0.15) is 40.6 Å². The predicted octanol–water partition coefficient (Wildman–Crippen LogP) is 3.63. The van der Waals surface area contributed by atoms with E-state index in [1.807, 2.05) is 6.07 Å². The van der Waals surface area contributed by atoms with Gasteiger partial charge in [0.2, 0.25) is 5.88 Å². The van der Waals surface area contributed by atoms with Crippen molar-refractivity contribution in [1.82, 2.24) is 25.1 Å². The number of pyridine rings is 2. The Hall–Kier alpha value is -3.43. The Morgan fingerprint density at radius 3 is 2.77 bits per heavy atom. The van der Waals surface area contributed by atoms with E-state index >= 15 is 0 Å². The van der Waals surface area contributed by atoms with Gasteiger partial charge in [-0.1, -0.05) is 0 Å². The largest absolute Gasteiger partial charge is 0.481 e. The number of hydrogen-bond acceptors (Lipinski definition) is 5. The van der Waals surface area contributed by atoms with E-state index in [1.165, 1.54) is 7.11 Å². The maximum absolute atomic E-state index is 12.9. The second kappa shape index (κ2) is 7.77. The Balaban J connectivity index is 1.58. The monoisotopic (exact) mass is 417 g/mol. The molecule has 0 saturated heterocycles. The average molecular weight is 417 g/mol. The molecule has 156 valence electrons. The quantitative estimate of drug-likeness (QED) is 0.701. The molecular weight excluding hydrogens is 399 g/mol. The number of hydrogen-bond donors (Lipinski definition) is 1. The number of carbonyl (C=O) groups excluding carboxylic acids is 1. The molecular formula is C20H18F3N5O2. The van der Waals surface area contributed by atoms with Crippen molar-refractivity contribution in [3.8, 4) is 17.1 Å². The molecule has 0 saturated carbocycles. The molecule has 1 aliphatic rings. The molecule has 0 radical (unpaired) electrons. The van der Waals surface area contributed by atoms with Gasteiger partial charge in [-0.05, 0) is 37.1 Å². The van der Waals surface area contributed by atoms with Gasteiger partial charge in [0, 0.05) is 30.6 Å². The molecule has 0 spiro atoms. The van der Waals surface area contributed by atoms with Crippen LogP contribution in [0.2, 0.25) is 0 Å². The van der Waals surface area contributed by atoms with E-state index in [-0.39, 0.29) is 11.7 Å². The number of aryl methyl sites for hydroxylation is 1. The smallest absolute Gasteiger partial charge is 0.416 e. The lowest BCUT2D eigenvalue weighted by atomic mass is 10.0. The number of alkyl halides is 3. The summed E-state index contributed by atoms with van der Waals surface area (Å²) in [5.74, 6) is -0.202. The van der Waals surface area contributed by atoms with Crippen LogP contribution in [0.15, 0.2) is 42.7 Å². The molecule has 1 atom stereocenters. The van der Waals surface area contributed by atoms with Crippen molar-refractivity contribution >= 4 is 5.91 Å². The standard InChI is InChI=1S/C20H18F3N5O2/c1-30-18-9-12(4-6-25-18)15-11-17-14(3-2-8-28(17)27-15)26-19(29)16-10-13(5-7-24-16)20(21,22)23/h4-7,9-11,14H,2-3,8H2,1H3,(H,26,29). The number of amides is 1. The number of methoxy groups -OCH3 is 1. The number of ether oxygens (including phenoxy) is 1. The van der Waals surface area contributed by atoms with E-state index in [2.05, 4.69) is 20.4 Å². The van der Waals surface area contributed by atoms with Crippen LogP contribution in [0.3, 0.4) is 0 Å². The summed E-state index contributed by atoms with van der Waals surface area (Å²) >= 11 is 0. The summed E-state index contributed by atoms with van der Waals surface area (Å²) in [5.41, 5.74) is 1.11. The van der Waals surface area contributed by atoms with E-state index in [0.717, 1.165) is 36.0 Å². The maximum Gasteiger partial charge on any atom is 0.416 e. The zero-order valence-electron chi connectivity index (χ0n) is 16.0. The molecule has 1 aliphatic heterocycles. The van der Waals surface area contributed by atoms with Crippen LogP contribution in [0.4, 0.5) is 13.2 Å². The molecule has 3 aromatic rings. The maximum atomic E-state index is 12.9. The highest BCUT2D eigenvalue weighted by molar-refractivity contribution is 5.92. The van der Waals surface area contributed by atoms with Crippen molar-refractivity contribution in [2.45, 2.75) is 31.6 Å². The van der Waals surface area contributed by atoms with Crippen LogP contribution in [0.25, 0.3) is 11.3 Å². The number of carbonyl (C=O) groups is 1. The van der Waals surface area contributed by atoms with Crippen molar-refractivity contribution in [1.29, 1.82) is 0 Å². The van der Waals surface area contributed by atoms with Gasteiger partial charge in [-0.15, -0.1) is 0 Å². The summed E-state index contributed by atoms with van der Waals surface area (Å²) in [6.45, 7) is 0.686. The summed E-state index contributed by atoms with van der Waals surface area (Å²) in [4.78, 5) is 20.4. The van der Waals surface area contributed by atoms with E-state index < -0.39 is 17.6 Å². The Labute approximate surface area is 169 Å². The van der Waals surface area contributed by atoms with Gasteiger partial charge in [0.15, 0.2) is 0 Å². The van der Waals surface area contributed by atoms with Crippen LogP contribution in [-0.2, 0) is 12.7 Å². The Morgan fingerprint density at radius 1 is 1.20 bits per heavy atom. The fraction of sp³-hybridized carbons (Fsp3) is 0.300. The minimum absolute atomic E-state index is 0.277. The fourth-order valence-corrected chi connectivity index (χ4v) is 3.41. The average Bonchev–Trinajstić information content (AvgIpc) is 3.19. The Bertz CT molecular complexity index is 1080. The topological polar surface area (TPSA) is 81.9 Å². The van der Waals surface area contributed by atoms with E-state index in [4.69, 9.17) is 4.74 Å². The van der Waals surface area contributed by atoms with Gasteiger partial charge in [-0.2, -0.15) is 18.3 Å². The van der Waals surface area contributed by atoms with Crippen molar-refractivity contribution in [2.24, 2.45) is 0 Å². The minimum atomic E-state index is -4.54. The van der Waals surface area contributed by atoms with Gasteiger partial charge in [0.25, 0.3) is 5.91 Å². The van der Waals surface area contributed by atoms with E-state index in [9.17, 15) is 18.0 Å². The zero-order valence-corrected chi connectivity index (χ0v) is 16.0. The zero-order chi connectivity index (χ0) is 21.3. The first-order valence-electron chi connectivity index (χ1n) is 9.27. The molecule has 1 unspecified atom stereocenters. The lowest BCUT2D eigenvalue weighted by Gasteiger charge is -2.24. The van der Waals surface area contributed by atoms with Crippen LogP contribution in [-0.4, -0.2) is 32.8 Å². The van der Waals surface area contributed by atoms with E-state index in [0.29, 0.717) is 24.5 Å². The van der Waals surface area contributed by atoms with Gasteiger partial charge < -0.3 is 10.1 Å². The number of aromatic nitrogens is 4. The van der Waals surface area contributed by atoms with Crippen molar-refractivity contribution in [2.75, 3.05) is 7.11 Å². The van der Waals surface area contributed by atoms with Crippen LogP contribution in [0.5, 0.6) is 5.88 Å². The van der Waals surface area contributed by atoms with Crippen molar-refractivity contribution < 1.29 is 22.7 Å². The second-order valence-electron chi connectivity index (χ2n) is 6.86. The Kier molecular flexibility index (Phi) is 5.15. The first-order valence-corrected chi connectivity index (χ1v) is 9.27. The molecule has 10 heteroatoms. The molecule has 1 N–H and O–H groups in total. The summed E-state index contributed by atoms with van der Waals surface area (Å²) in [5, 5.41) is 7.38. The molecule has 0 aliphatic carbocycles. The highest BCUT2D eigenvalue weighted by Gasteiger charge is 2.32. The molecule has 3 aromatic heterocycles. The van der Waals surface area contributed by atoms with Gasteiger partial charge in [-0.3, -0.25) is 14.5 Å². The lowest BCUT2D eigenvalue weighted by molar-refractivity contribution is -0.137. The van der Waals surface area contributed by atoms with Gasteiger partial charge in [0.1, 0.15) is 5.69 Å². The molecule has 4 heterocycles. The molecule has 7 nitrogen and oxygen atoms in total. The molecule has 1 amide bonds. The first-order chi connectivity index (χ1) is 14.3. The van der Waals surface area contributed by atoms with Crippen LogP contribution in [0, 0.1) is 0 Å². The van der Waals surface area contributed by atoms with Gasteiger partial charge in [0.05, 0.1) is 30.1 Å². The minimum Gasteiger partial charge on any atom is -0.481 e. The molecule has 0 aromatic carbocycles. The van der Waals surface area contributed by atoms with Crippen LogP contribution >= 0.6 is 0 Å². The summed E-state index contributed by atoms with van der Waals surface area (Å²) in [6, 6.07) is 6.63. The number of nitrogens with zero attached hydrogens (tertiary/aromatic N) is 4. The SMILES string of the molecule is COc1cc(-c2cc3n(n2)CCCC3NC(=O)c2cc(C(F)(F)F)ccn2)ccn1. The summed E-state index contributed by atoms with van der Waals surface area (Å²) in [7, 11) is 1.53. The van der Waals surface area contributed by atoms with E-state index in [1.54, 1.807) is 23.0 Å². The normalized spacial score (nSPS) is 16.1. The second-order valence-corrected chi connectivity index (χ2v) is 6.86. The fourth-order valence-electron chi connectivity index (χ4n) is 3.41. The summed E-state index contributed by atoms with van der Waals surface area (Å²) < 4.78 is 45.7. The highest BCUT2D eigenvalue weighted by atomic mass is 19.4. The molecule has 30 heavy (non-hydrogen) atoms. The molecule has 4 rings (SSSR count). The highest BCUT2D eigenvalue weighted by Crippen LogP contribution is 2.31. The third-order valence-electron chi connectivity index (χ3n) is 4.90. The van der Waals surface area contributed by atoms with Crippen LogP contribution < -0.4 is 10.1 Å². The Morgan fingerprint density at radius 2 is 2.00 bits per heavy atom. The number of halogens is 3. The van der Waals surface area contributed by atoms with Crippen molar-refractivity contribution in [3.05, 3.63) is 59.7 Å². The first kappa shape index (κ1) is 19.9. The number of nitrogens with one attached hydrogen (secondary N) is 1. The number of rotatable bonds is 4. The third kappa shape index (κ3) is 3.98. The predicted molar refractivity (Wildman–Crippen MR) is 101 cm³/mol. The van der Waals surface area contributed by atoms with Gasteiger partial charge >= 0.3 is 6.18 Å². The summed E-state index contributed by atoms with van der Waals surface area (Å²) in [6.07, 6.45) is -0.519. The third-order valence-corrected chi connectivity index (χ3v) is 4.90. The molecule has 0 fully saturated rings. The lowest BCUT2D eigenvalue weighted by Crippen LogP contribution is -2.33.